The number of nitrogens with zero attached hydrogens (tertiary/aromatic N) is 2. The van der Waals surface area contributed by atoms with Gasteiger partial charge in [-0.05, 0) is 17.9 Å². The van der Waals surface area contributed by atoms with E-state index in [1.807, 2.05) is 44.2 Å². The first kappa shape index (κ1) is 24.2. The lowest BCUT2D eigenvalue weighted by Gasteiger charge is -2.34. The number of carbonyl (C=O) groups is 4. The highest BCUT2D eigenvalue weighted by atomic mass is 16.6. The van der Waals surface area contributed by atoms with Gasteiger partial charge in [0.2, 0.25) is 5.91 Å². The van der Waals surface area contributed by atoms with Crippen LogP contribution in [-0.2, 0) is 25.5 Å². The second-order valence-corrected chi connectivity index (χ2v) is 8.08. The number of nitrogens with one attached hydrogen (secondary N) is 1. The van der Waals surface area contributed by atoms with Crippen molar-refractivity contribution >= 4 is 23.9 Å². The Morgan fingerprint density at radius 1 is 1.03 bits per heavy atom. The van der Waals surface area contributed by atoms with E-state index in [-0.39, 0.29) is 24.7 Å². The summed E-state index contributed by atoms with van der Waals surface area (Å²) in [5.74, 6) is -1.77. The van der Waals surface area contributed by atoms with Gasteiger partial charge in [0, 0.05) is 39.5 Å². The number of rotatable bonds is 8. The minimum atomic E-state index is -1.17. The van der Waals surface area contributed by atoms with Crippen molar-refractivity contribution in [3.8, 4) is 0 Å². The van der Waals surface area contributed by atoms with Gasteiger partial charge >= 0.3 is 12.1 Å². The fourth-order valence-electron chi connectivity index (χ4n) is 3.37. The summed E-state index contributed by atoms with van der Waals surface area (Å²) in [5.41, 5.74) is 0.785. The quantitative estimate of drug-likeness (QED) is 0.642. The van der Waals surface area contributed by atoms with Crippen LogP contribution >= 0.6 is 0 Å². The van der Waals surface area contributed by atoms with Gasteiger partial charge in [0.15, 0.2) is 6.10 Å². The van der Waals surface area contributed by atoms with Gasteiger partial charge < -0.3 is 25.0 Å². The van der Waals surface area contributed by atoms with Crippen molar-refractivity contribution in [2.45, 2.75) is 45.8 Å². The predicted octanol–water partition coefficient (Wildman–Crippen LogP) is 1.51. The number of carboxylic acids is 1. The summed E-state index contributed by atoms with van der Waals surface area (Å²) in [7, 11) is 0. The summed E-state index contributed by atoms with van der Waals surface area (Å²) < 4.78 is 5.52. The van der Waals surface area contributed by atoms with Crippen LogP contribution in [0.15, 0.2) is 30.3 Å². The number of aliphatic carboxylic acids is 1. The van der Waals surface area contributed by atoms with Crippen molar-refractivity contribution in [2.75, 3.05) is 26.2 Å². The number of ether oxygens (including phenoxy) is 1. The molecule has 1 saturated heterocycles. The maximum absolute atomic E-state index is 12.9. The fourth-order valence-corrected chi connectivity index (χ4v) is 3.37. The maximum atomic E-state index is 12.9. The zero-order chi connectivity index (χ0) is 23.0. The van der Waals surface area contributed by atoms with E-state index >= 15 is 0 Å². The zero-order valence-electron chi connectivity index (χ0n) is 18.2. The third kappa shape index (κ3) is 7.58. The van der Waals surface area contributed by atoms with Crippen molar-refractivity contribution in [3.05, 3.63) is 35.9 Å². The number of hydrogen-bond donors (Lipinski definition) is 2. The molecule has 2 N–H and O–H groups in total. The maximum Gasteiger partial charge on any atom is 0.410 e. The molecule has 1 fully saturated rings. The van der Waals surface area contributed by atoms with E-state index < -0.39 is 30.1 Å². The molecule has 1 aromatic rings. The van der Waals surface area contributed by atoms with E-state index in [0.717, 1.165) is 5.56 Å². The van der Waals surface area contributed by atoms with Gasteiger partial charge in [0.1, 0.15) is 6.04 Å². The Kier molecular flexibility index (Phi) is 8.84. The lowest BCUT2D eigenvalue weighted by atomic mass is 10.0. The molecule has 0 saturated carbocycles. The number of hydrogen-bond acceptors (Lipinski definition) is 5. The summed E-state index contributed by atoms with van der Waals surface area (Å²) in [6.07, 6.45) is -1.44. The van der Waals surface area contributed by atoms with E-state index in [2.05, 4.69) is 5.32 Å². The van der Waals surface area contributed by atoms with Gasteiger partial charge in [-0.15, -0.1) is 0 Å². The zero-order valence-corrected chi connectivity index (χ0v) is 18.2. The highest BCUT2D eigenvalue weighted by Gasteiger charge is 2.31. The largest absolute Gasteiger partial charge is 0.480 e. The highest BCUT2D eigenvalue weighted by Crippen LogP contribution is 2.12. The van der Waals surface area contributed by atoms with Crippen LogP contribution in [0.1, 0.15) is 32.8 Å². The van der Waals surface area contributed by atoms with E-state index in [4.69, 9.17) is 4.74 Å². The molecule has 9 heteroatoms. The summed E-state index contributed by atoms with van der Waals surface area (Å²) in [5, 5.41) is 11.9. The molecule has 0 spiro atoms. The van der Waals surface area contributed by atoms with Crippen molar-refractivity contribution < 1.29 is 29.0 Å². The van der Waals surface area contributed by atoms with Gasteiger partial charge in [-0.25, -0.2) is 9.59 Å². The van der Waals surface area contributed by atoms with Gasteiger partial charge in [0.25, 0.3) is 5.91 Å². The monoisotopic (exact) mass is 433 g/mol. The summed E-state index contributed by atoms with van der Waals surface area (Å²) in [6, 6.07) is 8.01. The molecule has 1 aliphatic heterocycles. The summed E-state index contributed by atoms with van der Waals surface area (Å²) in [6.45, 7) is 6.62. The topological polar surface area (TPSA) is 116 Å². The van der Waals surface area contributed by atoms with Crippen LogP contribution in [0.3, 0.4) is 0 Å². The standard InChI is InChI=1S/C22H31N3O6/c1-15(2)13-18(21(28)29)23-20(27)19(14-17-7-5-4-6-8-17)31-22(30)25-11-9-24(10-12-25)16(3)26/h4-8,15,18-19H,9-14H2,1-3H3,(H,23,27)(H,28,29)/t18-,19+/m0/s1. The lowest BCUT2D eigenvalue weighted by Crippen LogP contribution is -2.52. The molecule has 0 aromatic heterocycles. The van der Waals surface area contributed by atoms with Crippen LogP contribution in [0.5, 0.6) is 0 Å². The summed E-state index contributed by atoms with van der Waals surface area (Å²) >= 11 is 0. The average molecular weight is 434 g/mol. The molecule has 3 amide bonds. The number of carbonyl (C=O) groups excluding carboxylic acids is 3. The first-order valence-electron chi connectivity index (χ1n) is 10.5. The molecule has 1 heterocycles. The first-order valence-corrected chi connectivity index (χ1v) is 10.5. The second-order valence-electron chi connectivity index (χ2n) is 8.08. The third-order valence-electron chi connectivity index (χ3n) is 5.10. The number of piperazine rings is 1. The van der Waals surface area contributed by atoms with E-state index in [0.29, 0.717) is 26.2 Å². The molecule has 1 aliphatic rings. The van der Waals surface area contributed by atoms with Gasteiger partial charge in [-0.1, -0.05) is 44.2 Å². The molecule has 0 aliphatic carbocycles. The Morgan fingerprint density at radius 2 is 1.61 bits per heavy atom. The Bertz CT molecular complexity index is 775. The Labute approximate surface area is 182 Å². The molecular weight excluding hydrogens is 402 g/mol. The van der Waals surface area contributed by atoms with Crippen molar-refractivity contribution in [3.63, 3.8) is 0 Å². The molecule has 2 rings (SSSR count). The van der Waals surface area contributed by atoms with Crippen LogP contribution < -0.4 is 5.32 Å². The Hall–Kier alpha value is -3.10. The van der Waals surface area contributed by atoms with Crippen molar-refractivity contribution in [2.24, 2.45) is 5.92 Å². The molecule has 31 heavy (non-hydrogen) atoms. The van der Waals surface area contributed by atoms with Crippen molar-refractivity contribution in [1.29, 1.82) is 0 Å². The minimum Gasteiger partial charge on any atom is -0.480 e. The number of benzene rings is 1. The smallest absolute Gasteiger partial charge is 0.410 e. The van der Waals surface area contributed by atoms with Crippen LogP contribution in [0.4, 0.5) is 4.79 Å². The normalized spacial score (nSPS) is 15.9. The molecule has 9 nitrogen and oxygen atoms in total. The van der Waals surface area contributed by atoms with Crippen LogP contribution in [-0.4, -0.2) is 77.1 Å². The van der Waals surface area contributed by atoms with Gasteiger partial charge in [0.05, 0.1) is 0 Å². The van der Waals surface area contributed by atoms with E-state index in [1.165, 1.54) is 11.8 Å². The molecule has 170 valence electrons. The van der Waals surface area contributed by atoms with E-state index in [1.54, 1.807) is 4.90 Å². The molecule has 0 bridgehead atoms. The van der Waals surface area contributed by atoms with Crippen LogP contribution in [0.25, 0.3) is 0 Å². The summed E-state index contributed by atoms with van der Waals surface area (Å²) in [4.78, 5) is 51.7. The lowest BCUT2D eigenvalue weighted by molar-refractivity contribution is -0.144. The van der Waals surface area contributed by atoms with E-state index in [9.17, 15) is 24.3 Å². The predicted molar refractivity (Wildman–Crippen MR) is 113 cm³/mol. The molecule has 2 atom stereocenters. The Balaban J connectivity index is 2.09. The molecule has 1 aromatic carbocycles. The van der Waals surface area contributed by atoms with Crippen LogP contribution in [0.2, 0.25) is 0 Å². The van der Waals surface area contributed by atoms with Crippen molar-refractivity contribution in [1.82, 2.24) is 15.1 Å². The molecular formula is C22H31N3O6. The first-order chi connectivity index (χ1) is 14.7. The highest BCUT2D eigenvalue weighted by molar-refractivity contribution is 5.88. The SMILES string of the molecule is CC(=O)N1CCN(C(=O)O[C@H](Cc2ccccc2)C(=O)N[C@@H](CC(C)C)C(=O)O)CC1. The third-order valence-corrected chi connectivity index (χ3v) is 5.10. The minimum absolute atomic E-state index is 0.0563. The number of carboxylic acid groups (broad SMARTS) is 1. The second kappa shape index (κ2) is 11.3. The molecule has 0 unspecified atom stereocenters. The van der Waals surface area contributed by atoms with Gasteiger partial charge in [-0.3, -0.25) is 9.59 Å². The fraction of sp³-hybridized carbons (Fsp3) is 0.545. The van der Waals surface area contributed by atoms with Crippen LogP contribution in [0, 0.1) is 5.92 Å². The molecule has 0 radical (unpaired) electrons. The Morgan fingerprint density at radius 3 is 2.13 bits per heavy atom. The van der Waals surface area contributed by atoms with Gasteiger partial charge in [-0.2, -0.15) is 0 Å². The average Bonchev–Trinajstić information content (AvgIpc) is 2.73. The number of amides is 3.